The molecule has 0 saturated carbocycles. The number of carbonyl (C=O) groups excluding carboxylic acids is 1. The third kappa shape index (κ3) is 2.73. The molecule has 0 radical (unpaired) electrons. The van der Waals surface area contributed by atoms with Gasteiger partial charge in [-0.3, -0.25) is 9.69 Å². The van der Waals surface area contributed by atoms with Crippen LogP contribution < -0.4 is 0 Å². The lowest BCUT2D eigenvalue weighted by molar-refractivity contribution is -0.145. The van der Waals surface area contributed by atoms with Gasteiger partial charge in [-0.2, -0.15) is 5.26 Å². The molecule has 1 aromatic rings. The van der Waals surface area contributed by atoms with Gasteiger partial charge in [-0.05, 0) is 45.0 Å². The fourth-order valence-corrected chi connectivity index (χ4v) is 4.13. The van der Waals surface area contributed by atoms with Crippen LogP contribution in [0.1, 0.15) is 31.9 Å². The van der Waals surface area contributed by atoms with Crippen molar-refractivity contribution in [3.63, 3.8) is 0 Å². The number of hydrogen-bond acceptors (Lipinski definition) is 3. The maximum atomic E-state index is 12.9. The van der Waals surface area contributed by atoms with Crippen molar-refractivity contribution >= 4 is 17.5 Å². The maximum Gasteiger partial charge on any atom is 0.240 e. The first-order valence-corrected chi connectivity index (χ1v) is 8.49. The SMILES string of the molecule is CC(C#N)C1C[C@H]2CN(C)C(C)C(=O)N2[C@H]1c1ccc(Cl)cc1. The van der Waals surface area contributed by atoms with E-state index in [4.69, 9.17) is 11.6 Å². The van der Waals surface area contributed by atoms with Crippen molar-refractivity contribution in [1.82, 2.24) is 9.80 Å². The Morgan fingerprint density at radius 3 is 2.61 bits per heavy atom. The van der Waals surface area contributed by atoms with Crippen LogP contribution >= 0.6 is 11.6 Å². The summed E-state index contributed by atoms with van der Waals surface area (Å²) in [6.07, 6.45) is 0.880. The van der Waals surface area contributed by atoms with Gasteiger partial charge in [0.2, 0.25) is 5.91 Å². The largest absolute Gasteiger partial charge is 0.330 e. The molecule has 0 bridgehead atoms. The Balaban J connectivity index is 2.02. The molecule has 1 amide bonds. The van der Waals surface area contributed by atoms with Crippen LogP contribution in [0.2, 0.25) is 5.02 Å². The molecule has 2 fully saturated rings. The molecule has 0 N–H and O–H groups in total. The van der Waals surface area contributed by atoms with E-state index in [-0.39, 0.29) is 35.9 Å². The van der Waals surface area contributed by atoms with Crippen LogP contribution in [0.25, 0.3) is 0 Å². The van der Waals surface area contributed by atoms with Crippen LogP contribution in [0.5, 0.6) is 0 Å². The molecule has 4 nitrogen and oxygen atoms in total. The van der Waals surface area contributed by atoms with Gasteiger partial charge in [-0.25, -0.2) is 0 Å². The fourth-order valence-electron chi connectivity index (χ4n) is 4.01. The van der Waals surface area contributed by atoms with Gasteiger partial charge in [-0.1, -0.05) is 23.7 Å². The number of fused-ring (bicyclic) bond motifs is 1. The number of amides is 1. The number of halogens is 1. The second-order valence-corrected chi connectivity index (χ2v) is 7.27. The lowest BCUT2D eigenvalue weighted by atomic mass is 9.84. The predicted octanol–water partition coefficient (Wildman–Crippen LogP) is 3.09. The normalized spacial score (nSPS) is 32.5. The highest BCUT2D eigenvalue weighted by atomic mass is 35.5. The second-order valence-electron chi connectivity index (χ2n) is 6.83. The van der Waals surface area contributed by atoms with Crippen LogP contribution in [-0.4, -0.2) is 41.4 Å². The molecule has 3 unspecified atom stereocenters. The summed E-state index contributed by atoms with van der Waals surface area (Å²) in [6.45, 7) is 4.79. The molecule has 5 atom stereocenters. The Kier molecular flexibility index (Phi) is 4.35. The van der Waals surface area contributed by atoms with Crippen molar-refractivity contribution in [2.45, 2.75) is 38.4 Å². The smallest absolute Gasteiger partial charge is 0.240 e. The van der Waals surface area contributed by atoms with Crippen LogP contribution in [0.15, 0.2) is 24.3 Å². The molecular weight excluding hydrogens is 310 g/mol. The third-order valence-electron chi connectivity index (χ3n) is 5.47. The van der Waals surface area contributed by atoms with Crippen LogP contribution in [-0.2, 0) is 4.79 Å². The molecule has 0 aromatic heterocycles. The zero-order valence-corrected chi connectivity index (χ0v) is 14.5. The summed E-state index contributed by atoms with van der Waals surface area (Å²) in [6, 6.07) is 10.1. The topological polar surface area (TPSA) is 47.3 Å². The van der Waals surface area contributed by atoms with Crippen LogP contribution in [0.4, 0.5) is 0 Å². The van der Waals surface area contributed by atoms with Gasteiger partial charge < -0.3 is 4.90 Å². The average Bonchev–Trinajstić information content (AvgIpc) is 2.92. The number of nitrogens with zero attached hydrogens (tertiary/aromatic N) is 3. The molecule has 3 rings (SSSR count). The number of hydrogen-bond donors (Lipinski definition) is 0. The maximum absolute atomic E-state index is 12.9. The van der Waals surface area contributed by atoms with Gasteiger partial charge in [0, 0.05) is 29.4 Å². The molecule has 2 saturated heterocycles. The van der Waals surface area contributed by atoms with E-state index >= 15 is 0 Å². The summed E-state index contributed by atoms with van der Waals surface area (Å²) in [5.41, 5.74) is 1.08. The van der Waals surface area contributed by atoms with Gasteiger partial charge in [-0.15, -0.1) is 0 Å². The van der Waals surface area contributed by atoms with Gasteiger partial charge in [0.1, 0.15) is 0 Å². The number of carbonyl (C=O) groups is 1. The zero-order chi connectivity index (χ0) is 16.7. The van der Waals surface area contributed by atoms with E-state index in [1.165, 1.54) is 0 Å². The van der Waals surface area contributed by atoms with E-state index in [0.29, 0.717) is 5.02 Å². The minimum atomic E-state index is -0.114. The molecular formula is C18H22ClN3O. The van der Waals surface area contributed by atoms with E-state index in [1.807, 2.05) is 50.1 Å². The average molecular weight is 332 g/mol. The highest BCUT2D eigenvalue weighted by Crippen LogP contribution is 2.46. The minimum Gasteiger partial charge on any atom is -0.330 e. The number of likely N-dealkylation sites (N-methyl/N-ethyl adjacent to an activating group) is 1. The third-order valence-corrected chi connectivity index (χ3v) is 5.72. The first kappa shape index (κ1) is 16.3. The first-order chi connectivity index (χ1) is 10.9. The Hall–Kier alpha value is -1.57. The van der Waals surface area contributed by atoms with Crippen molar-refractivity contribution in [3.05, 3.63) is 34.9 Å². The Labute approximate surface area is 142 Å². The van der Waals surface area contributed by atoms with Crippen molar-refractivity contribution in [3.8, 4) is 6.07 Å². The summed E-state index contributed by atoms with van der Waals surface area (Å²) in [5.74, 6) is 0.236. The van der Waals surface area contributed by atoms with Gasteiger partial charge >= 0.3 is 0 Å². The molecule has 122 valence electrons. The zero-order valence-electron chi connectivity index (χ0n) is 13.7. The van der Waals surface area contributed by atoms with E-state index < -0.39 is 0 Å². The molecule has 2 aliphatic heterocycles. The second kappa shape index (κ2) is 6.14. The molecule has 0 spiro atoms. The highest BCUT2D eigenvalue weighted by molar-refractivity contribution is 6.30. The molecule has 23 heavy (non-hydrogen) atoms. The summed E-state index contributed by atoms with van der Waals surface area (Å²) < 4.78 is 0. The van der Waals surface area contributed by atoms with Crippen molar-refractivity contribution in [2.75, 3.05) is 13.6 Å². The number of rotatable bonds is 2. The Morgan fingerprint density at radius 1 is 1.35 bits per heavy atom. The lowest BCUT2D eigenvalue weighted by Gasteiger charge is -2.42. The fraction of sp³-hybridized carbons (Fsp3) is 0.556. The van der Waals surface area contributed by atoms with Gasteiger partial charge in [0.25, 0.3) is 0 Å². The first-order valence-electron chi connectivity index (χ1n) is 8.11. The Morgan fingerprint density at radius 2 is 2.00 bits per heavy atom. The highest BCUT2D eigenvalue weighted by Gasteiger charge is 2.50. The number of benzene rings is 1. The number of nitriles is 1. The van der Waals surface area contributed by atoms with Crippen molar-refractivity contribution in [1.29, 1.82) is 5.26 Å². The predicted molar refractivity (Wildman–Crippen MR) is 89.8 cm³/mol. The Bertz CT molecular complexity index is 639. The number of piperazine rings is 1. The minimum absolute atomic E-state index is 0.0319. The standard InChI is InChI=1S/C18H22ClN3O/c1-11(9-20)16-8-15-10-21(3)12(2)18(23)22(15)17(16)13-4-6-14(19)7-5-13/h4-7,11-12,15-17H,8,10H2,1-3H3/t11?,12?,15-,16?,17-/m0/s1. The summed E-state index contributed by atoms with van der Waals surface area (Å²) >= 11 is 6.01. The molecule has 1 aromatic carbocycles. The van der Waals surface area contributed by atoms with E-state index in [9.17, 15) is 10.1 Å². The van der Waals surface area contributed by atoms with E-state index in [2.05, 4.69) is 11.0 Å². The van der Waals surface area contributed by atoms with E-state index in [0.717, 1.165) is 18.5 Å². The molecule has 2 heterocycles. The van der Waals surface area contributed by atoms with Gasteiger partial charge in [0.05, 0.1) is 18.2 Å². The van der Waals surface area contributed by atoms with Crippen LogP contribution in [0.3, 0.4) is 0 Å². The summed E-state index contributed by atoms with van der Waals surface area (Å²) in [7, 11) is 2.00. The summed E-state index contributed by atoms with van der Waals surface area (Å²) in [4.78, 5) is 17.0. The van der Waals surface area contributed by atoms with Gasteiger partial charge in [0.15, 0.2) is 0 Å². The quantitative estimate of drug-likeness (QED) is 0.836. The lowest BCUT2D eigenvalue weighted by Crippen LogP contribution is -2.57. The summed E-state index contributed by atoms with van der Waals surface area (Å²) in [5, 5.41) is 10.1. The monoisotopic (exact) mass is 331 g/mol. The molecule has 5 heteroatoms. The molecule has 0 aliphatic carbocycles. The van der Waals surface area contributed by atoms with Crippen molar-refractivity contribution < 1.29 is 4.79 Å². The van der Waals surface area contributed by atoms with Crippen molar-refractivity contribution in [2.24, 2.45) is 11.8 Å². The van der Waals surface area contributed by atoms with E-state index in [1.54, 1.807) is 0 Å². The van der Waals surface area contributed by atoms with Crippen LogP contribution in [0, 0.1) is 23.2 Å². The molecule has 2 aliphatic rings.